The molecular weight excluding hydrogens is 310 g/mol. The Hall–Kier alpha value is -2.46. The molecule has 0 aromatic carbocycles. The number of hydrogen-bond acceptors (Lipinski definition) is 5. The SMILES string of the molecule is N#Cc1ccc(-c2nc(-c3ccc(Br)cn3)no2)[nH]1. The van der Waals surface area contributed by atoms with Crippen molar-refractivity contribution in [3.8, 4) is 29.2 Å². The monoisotopic (exact) mass is 315 g/mol. The van der Waals surface area contributed by atoms with E-state index in [1.165, 1.54) is 0 Å². The van der Waals surface area contributed by atoms with Gasteiger partial charge in [-0.3, -0.25) is 4.98 Å². The molecule has 0 saturated carbocycles. The highest BCUT2D eigenvalue weighted by atomic mass is 79.9. The van der Waals surface area contributed by atoms with Crippen LogP contribution >= 0.6 is 15.9 Å². The van der Waals surface area contributed by atoms with E-state index in [0.29, 0.717) is 28.8 Å². The van der Waals surface area contributed by atoms with Gasteiger partial charge in [0, 0.05) is 10.7 Å². The Kier molecular flexibility index (Phi) is 2.85. The summed E-state index contributed by atoms with van der Waals surface area (Å²) in [5, 5.41) is 12.6. The molecule has 0 saturated heterocycles. The largest absolute Gasteiger partial charge is 0.342 e. The maximum absolute atomic E-state index is 8.74. The van der Waals surface area contributed by atoms with Crippen LogP contribution in [0.25, 0.3) is 23.1 Å². The second-order valence-corrected chi connectivity index (χ2v) is 4.60. The van der Waals surface area contributed by atoms with Crippen LogP contribution in [0, 0.1) is 11.3 Å². The summed E-state index contributed by atoms with van der Waals surface area (Å²) in [7, 11) is 0. The number of rotatable bonds is 2. The van der Waals surface area contributed by atoms with Gasteiger partial charge in [-0.1, -0.05) is 5.16 Å². The van der Waals surface area contributed by atoms with Gasteiger partial charge in [-0.15, -0.1) is 0 Å². The number of hydrogen-bond donors (Lipinski definition) is 1. The molecule has 7 heteroatoms. The third-order valence-corrected chi connectivity index (χ3v) is 2.89. The van der Waals surface area contributed by atoms with E-state index in [-0.39, 0.29) is 0 Å². The van der Waals surface area contributed by atoms with E-state index >= 15 is 0 Å². The molecule has 0 unspecified atom stereocenters. The molecule has 0 aliphatic rings. The Morgan fingerprint density at radius 3 is 2.84 bits per heavy atom. The first-order chi connectivity index (χ1) is 9.26. The maximum atomic E-state index is 8.74. The predicted molar refractivity (Wildman–Crippen MR) is 69.7 cm³/mol. The summed E-state index contributed by atoms with van der Waals surface area (Å²) in [4.78, 5) is 11.3. The van der Waals surface area contributed by atoms with E-state index in [9.17, 15) is 0 Å². The molecule has 1 N–H and O–H groups in total. The highest BCUT2D eigenvalue weighted by Gasteiger charge is 2.12. The van der Waals surface area contributed by atoms with Crippen LogP contribution in [-0.2, 0) is 0 Å². The molecular formula is C12H6BrN5O. The molecule has 3 rings (SSSR count). The summed E-state index contributed by atoms with van der Waals surface area (Å²) in [6, 6.07) is 9.00. The van der Waals surface area contributed by atoms with Crippen molar-refractivity contribution in [2.45, 2.75) is 0 Å². The van der Waals surface area contributed by atoms with Crippen LogP contribution in [0.1, 0.15) is 5.69 Å². The smallest absolute Gasteiger partial charge is 0.274 e. The van der Waals surface area contributed by atoms with E-state index in [1.54, 1.807) is 24.4 Å². The van der Waals surface area contributed by atoms with Crippen molar-refractivity contribution in [1.29, 1.82) is 5.26 Å². The molecule has 3 aromatic heterocycles. The summed E-state index contributed by atoms with van der Waals surface area (Å²) in [6.45, 7) is 0. The molecule has 6 nitrogen and oxygen atoms in total. The molecule has 0 aliphatic carbocycles. The van der Waals surface area contributed by atoms with Gasteiger partial charge in [0.15, 0.2) is 0 Å². The van der Waals surface area contributed by atoms with Crippen molar-refractivity contribution in [3.63, 3.8) is 0 Å². The summed E-state index contributed by atoms with van der Waals surface area (Å²) in [5.41, 5.74) is 1.66. The van der Waals surface area contributed by atoms with E-state index in [0.717, 1.165) is 4.47 Å². The van der Waals surface area contributed by atoms with Gasteiger partial charge in [0.1, 0.15) is 23.2 Å². The highest BCUT2D eigenvalue weighted by molar-refractivity contribution is 9.10. The average Bonchev–Trinajstić information content (AvgIpc) is 3.08. The summed E-state index contributed by atoms with van der Waals surface area (Å²) in [5.74, 6) is 0.719. The van der Waals surface area contributed by atoms with Gasteiger partial charge in [0.25, 0.3) is 5.89 Å². The van der Waals surface area contributed by atoms with Crippen LogP contribution in [0.3, 0.4) is 0 Å². The predicted octanol–water partition coefficient (Wildman–Crippen LogP) is 2.76. The Bertz CT molecular complexity index is 753. The van der Waals surface area contributed by atoms with Gasteiger partial charge in [0.05, 0.1) is 0 Å². The number of halogens is 1. The lowest BCUT2D eigenvalue weighted by Gasteiger charge is -1.92. The molecule has 3 aromatic rings. The first-order valence-electron chi connectivity index (χ1n) is 5.31. The quantitative estimate of drug-likeness (QED) is 0.785. The third-order valence-electron chi connectivity index (χ3n) is 2.42. The van der Waals surface area contributed by atoms with E-state index in [4.69, 9.17) is 9.78 Å². The molecule has 0 fully saturated rings. The number of nitrogens with one attached hydrogen (secondary N) is 1. The second-order valence-electron chi connectivity index (χ2n) is 3.68. The van der Waals surface area contributed by atoms with Gasteiger partial charge >= 0.3 is 0 Å². The fourth-order valence-electron chi connectivity index (χ4n) is 1.53. The summed E-state index contributed by atoms with van der Waals surface area (Å²) >= 11 is 3.31. The van der Waals surface area contributed by atoms with E-state index < -0.39 is 0 Å². The van der Waals surface area contributed by atoms with Crippen molar-refractivity contribution in [3.05, 3.63) is 40.6 Å². The minimum absolute atomic E-state index is 0.321. The van der Waals surface area contributed by atoms with Crippen molar-refractivity contribution in [1.82, 2.24) is 20.1 Å². The van der Waals surface area contributed by atoms with Gasteiger partial charge in [-0.2, -0.15) is 10.2 Å². The Labute approximate surface area is 116 Å². The van der Waals surface area contributed by atoms with Gasteiger partial charge < -0.3 is 9.51 Å². The Morgan fingerprint density at radius 2 is 2.16 bits per heavy atom. The molecule has 0 aliphatic heterocycles. The number of H-pyrrole nitrogens is 1. The molecule has 0 spiro atoms. The molecule has 19 heavy (non-hydrogen) atoms. The summed E-state index contributed by atoms with van der Waals surface area (Å²) < 4.78 is 6.02. The van der Waals surface area contributed by atoms with E-state index in [2.05, 4.69) is 36.0 Å². The minimum atomic E-state index is 0.321. The lowest BCUT2D eigenvalue weighted by atomic mass is 10.3. The van der Waals surface area contributed by atoms with Crippen LogP contribution in [0.5, 0.6) is 0 Å². The fourth-order valence-corrected chi connectivity index (χ4v) is 1.76. The Morgan fingerprint density at radius 1 is 1.26 bits per heavy atom. The zero-order chi connectivity index (χ0) is 13.2. The third kappa shape index (κ3) is 2.26. The van der Waals surface area contributed by atoms with E-state index in [1.807, 2.05) is 12.1 Å². The second kappa shape index (κ2) is 4.66. The number of aromatic nitrogens is 4. The highest BCUT2D eigenvalue weighted by Crippen LogP contribution is 2.21. The first-order valence-corrected chi connectivity index (χ1v) is 6.10. The number of pyridine rings is 1. The molecule has 0 amide bonds. The zero-order valence-electron chi connectivity index (χ0n) is 9.46. The maximum Gasteiger partial charge on any atom is 0.274 e. The van der Waals surface area contributed by atoms with Crippen LogP contribution < -0.4 is 0 Å². The molecule has 0 bridgehead atoms. The minimum Gasteiger partial charge on any atom is -0.342 e. The fraction of sp³-hybridized carbons (Fsp3) is 0. The van der Waals surface area contributed by atoms with Crippen molar-refractivity contribution >= 4 is 15.9 Å². The van der Waals surface area contributed by atoms with Crippen molar-refractivity contribution < 1.29 is 4.52 Å². The number of nitriles is 1. The first kappa shape index (κ1) is 11.6. The number of nitrogens with zero attached hydrogens (tertiary/aromatic N) is 4. The lowest BCUT2D eigenvalue weighted by molar-refractivity contribution is 0.431. The average molecular weight is 316 g/mol. The van der Waals surface area contributed by atoms with Crippen LogP contribution in [0.2, 0.25) is 0 Å². The van der Waals surface area contributed by atoms with Gasteiger partial charge in [-0.25, -0.2) is 0 Å². The molecule has 0 atom stereocenters. The normalized spacial score (nSPS) is 10.3. The zero-order valence-corrected chi connectivity index (χ0v) is 11.0. The summed E-state index contributed by atoms with van der Waals surface area (Å²) in [6.07, 6.45) is 1.66. The van der Waals surface area contributed by atoms with Gasteiger partial charge in [0.2, 0.25) is 5.82 Å². The molecule has 3 heterocycles. The molecule has 92 valence electrons. The number of aromatic amines is 1. The van der Waals surface area contributed by atoms with Crippen LogP contribution in [0.4, 0.5) is 0 Å². The van der Waals surface area contributed by atoms with Crippen molar-refractivity contribution in [2.75, 3.05) is 0 Å². The van der Waals surface area contributed by atoms with Crippen LogP contribution in [-0.4, -0.2) is 20.1 Å². The Balaban J connectivity index is 1.95. The topological polar surface area (TPSA) is 91.4 Å². The standard InChI is InChI=1S/C12H6BrN5O/c13-7-1-3-9(15-6-7)11-17-12(19-18-11)10-4-2-8(5-14)16-10/h1-4,6,16H. The van der Waals surface area contributed by atoms with Gasteiger partial charge in [-0.05, 0) is 40.2 Å². The van der Waals surface area contributed by atoms with Crippen LogP contribution in [0.15, 0.2) is 39.5 Å². The van der Waals surface area contributed by atoms with Crippen molar-refractivity contribution in [2.24, 2.45) is 0 Å². The molecule has 0 radical (unpaired) electrons. The lowest BCUT2D eigenvalue weighted by Crippen LogP contribution is -1.85.